The van der Waals surface area contributed by atoms with E-state index in [0.29, 0.717) is 24.8 Å². The van der Waals surface area contributed by atoms with Crippen LogP contribution in [0.4, 0.5) is 11.4 Å². The van der Waals surface area contributed by atoms with E-state index in [9.17, 15) is 4.79 Å². The number of aromatic amines is 1. The van der Waals surface area contributed by atoms with E-state index in [1.54, 1.807) is 0 Å². The van der Waals surface area contributed by atoms with E-state index in [1.165, 1.54) is 0 Å². The van der Waals surface area contributed by atoms with Crippen LogP contribution in [0.3, 0.4) is 0 Å². The van der Waals surface area contributed by atoms with E-state index in [4.69, 9.17) is 4.74 Å². The van der Waals surface area contributed by atoms with Gasteiger partial charge in [-0.1, -0.05) is 18.2 Å². The van der Waals surface area contributed by atoms with Crippen LogP contribution in [0.15, 0.2) is 72.9 Å². The van der Waals surface area contributed by atoms with Crippen LogP contribution in [0.5, 0.6) is 5.75 Å². The molecule has 2 N–H and O–H groups in total. The number of amides is 1. The van der Waals surface area contributed by atoms with Crippen molar-refractivity contribution in [3.8, 4) is 16.9 Å². The molecule has 1 amide bonds. The van der Waals surface area contributed by atoms with Crippen molar-refractivity contribution in [3.63, 3.8) is 0 Å². The molecular formula is C30H34N4O2. The number of carbonyl (C=O) groups is 1. The molecule has 186 valence electrons. The Balaban J connectivity index is 1.49. The number of carbonyl (C=O) groups excluding carboxylic acids is 1. The molecule has 0 bridgehead atoms. The SMILES string of the molecule is CC1CCN(C(=O)c2ccc(-c3ccc4[nH]ccc4c3)c(OCCCN(C)C)c2)c2ccccc2N1. The summed E-state index contributed by atoms with van der Waals surface area (Å²) in [4.78, 5) is 21.1. The third-order valence-corrected chi connectivity index (χ3v) is 6.73. The minimum Gasteiger partial charge on any atom is -0.493 e. The Bertz CT molecular complexity index is 1360. The van der Waals surface area contributed by atoms with Gasteiger partial charge in [0.1, 0.15) is 5.75 Å². The van der Waals surface area contributed by atoms with Crippen molar-refractivity contribution in [2.45, 2.75) is 25.8 Å². The molecule has 4 aromatic rings. The smallest absolute Gasteiger partial charge is 0.258 e. The second-order valence-electron chi connectivity index (χ2n) is 9.80. The monoisotopic (exact) mass is 482 g/mol. The van der Waals surface area contributed by atoms with Gasteiger partial charge in [-0.3, -0.25) is 4.79 Å². The summed E-state index contributed by atoms with van der Waals surface area (Å²) < 4.78 is 6.31. The molecule has 0 saturated heterocycles. The third-order valence-electron chi connectivity index (χ3n) is 6.73. The second kappa shape index (κ2) is 10.5. The molecule has 6 heteroatoms. The molecule has 1 aliphatic rings. The Hall–Kier alpha value is -3.77. The van der Waals surface area contributed by atoms with Gasteiger partial charge in [0, 0.05) is 42.0 Å². The maximum absolute atomic E-state index is 13.8. The fourth-order valence-corrected chi connectivity index (χ4v) is 4.78. The molecule has 1 atom stereocenters. The van der Waals surface area contributed by atoms with Crippen molar-refractivity contribution >= 4 is 28.2 Å². The maximum Gasteiger partial charge on any atom is 0.258 e. The lowest BCUT2D eigenvalue weighted by Gasteiger charge is -2.23. The summed E-state index contributed by atoms with van der Waals surface area (Å²) in [6, 6.07) is 22.6. The molecule has 0 saturated carbocycles. The number of H-pyrrole nitrogens is 1. The molecule has 6 nitrogen and oxygen atoms in total. The van der Waals surface area contributed by atoms with E-state index < -0.39 is 0 Å². The van der Waals surface area contributed by atoms with Crippen LogP contribution < -0.4 is 15.0 Å². The Labute approximate surface area is 212 Å². The number of benzene rings is 3. The van der Waals surface area contributed by atoms with Crippen molar-refractivity contribution < 1.29 is 9.53 Å². The van der Waals surface area contributed by atoms with Gasteiger partial charge in [0.2, 0.25) is 0 Å². The number of anilines is 2. The van der Waals surface area contributed by atoms with E-state index >= 15 is 0 Å². The molecule has 36 heavy (non-hydrogen) atoms. The van der Waals surface area contributed by atoms with Gasteiger partial charge in [-0.2, -0.15) is 0 Å². The highest BCUT2D eigenvalue weighted by Gasteiger charge is 2.25. The van der Waals surface area contributed by atoms with Crippen molar-refractivity contribution in [3.05, 3.63) is 78.5 Å². The molecule has 0 radical (unpaired) electrons. The lowest BCUT2D eigenvalue weighted by molar-refractivity contribution is 0.0986. The topological polar surface area (TPSA) is 60.6 Å². The zero-order valence-electron chi connectivity index (χ0n) is 21.3. The normalized spacial score (nSPS) is 15.4. The molecular weight excluding hydrogens is 448 g/mol. The zero-order chi connectivity index (χ0) is 25.1. The molecule has 1 aliphatic heterocycles. The lowest BCUT2D eigenvalue weighted by Crippen LogP contribution is -2.32. The van der Waals surface area contributed by atoms with Crippen LogP contribution in [0, 0.1) is 0 Å². The molecule has 1 aromatic heterocycles. The highest BCUT2D eigenvalue weighted by Crippen LogP contribution is 2.35. The Morgan fingerprint density at radius 2 is 1.94 bits per heavy atom. The van der Waals surface area contributed by atoms with E-state index in [0.717, 1.165) is 58.5 Å². The molecule has 0 fully saturated rings. The average Bonchev–Trinajstić information content (AvgIpc) is 3.28. The number of para-hydroxylation sites is 2. The summed E-state index contributed by atoms with van der Waals surface area (Å²) >= 11 is 0. The first-order valence-corrected chi connectivity index (χ1v) is 12.7. The second-order valence-corrected chi connectivity index (χ2v) is 9.80. The molecule has 1 unspecified atom stereocenters. The zero-order valence-corrected chi connectivity index (χ0v) is 21.3. The van der Waals surface area contributed by atoms with E-state index in [2.05, 4.69) is 60.5 Å². The van der Waals surface area contributed by atoms with Crippen LogP contribution in [0.25, 0.3) is 22.0 Å². The quantitative estimate of drug-likeness (QED) is 0.317. The van der Waals surface area contributed by atoms with Gasteiger partial charge < -0.3 is 24.8 Å². The largest absolute Gasteiger partial charge is 0.493 e. The number of hydrogen-bond donors (Lipinski definition) is 2. The maximum atomic E-state index is 13.8. The molecule has 3 aromatic carbocycles. The molecule has 5 rings (SSSR count). The Morgan fingerprint density at radius 1 is 1.08 bits per heavy atom. The van der Waals surface area contributed by atoms with Crippen LogP contribution in [0.1, 0.15) is 30.1 Å². The van der Waals surface area contributed by atoms with Gasteiger partial charge in [0.05, 0.1) is 18.0 Å². The minimum absolute atomic E-state index is 0.0101. The van der Waals surface area contributed by atoms with Crippen LogP contribution in [-0.4, -0.2) is 55.6 Å². The summed E-state index contributed by atoms with van der Waals surface area (Å²) in [6.07, 6.45) is 3.73. The van der Waals surface area contributed by atoms with Crippen molar-refractivity contribution in [1.82, 2.24) is 9.88 Å². The fraction of sp³-hybridized carbons (Fsp3) is 0.300. The molecule has 0 spiro atoms. The van der Waals surface area contributed by atoms with Crippen LogP contribution in [-0.2, 0) is 0 Å². The van der Waals surface area contributed by atoms with E-state index in [1.807, 2.05) is 53.6 Å². The van der Waals surface area contributed by atoms with Crippen LogP contribution in [0.2, 0.25) is 0 Å². The van der Waals surface area contributed by atoms with Gasteiger partial charge >= 0.3 is 0 Å². The number of nitrogens with one attached hydrogen (secondary N) is 2. The Morgan fingerprint density at radius 3 is 2.81 bits per heavy atom. The van der Waals surface area contributed by atoms with Gasteiger partial charge in [-0.05, 0) is 93.3 Å². The Kier molecular flexibility index (Phi) is 6.96. The first kappa shape index (κ1) is 23.9. The minimum atomic E-state index is -0.0101. The summed E-state index contributed by atoms with van der Waals surface area (Å²) in [6.45, 7) is 4.34. The molecule has 0 aliphatic carbocycles. The summed E-state index contributed by atoms with van der Waals surface area (Å²) in [5, 5.41) is 4.68. The number of nitrogens with zero attached hydrogens (tertiary/aromatic N) is 2. The highest BCUT2D eigenvalue weighted by molar-refractivity contribution is 6.08. The first-order valence-electron chi connectivity index (χ1n) is 12.7. The number of fused-ring (bicyclic) bond motifs is 2. The van der Waals surface area contributed by atoms with Gasteiger partial charge in [-0.25, -0.2) is 0 Å². The summed E-state index contributed by atoms with van der Waals surface area (Å²) in [5.41, 5.74) is 5.71. The standard InChI is InChI=1S/C30H34N4O2/c1-21-14-17-34(28-8-5-4-7-27(28)32-21)30(35)24-9-11-25(29(20-24)36-18-6-16-33(2)3)22-10-12-26-23(19-22)13-15-31-26/h4-5,7-13,15,19-21,31-32H,6,14,16-18H2,1-3H3. The average molecular weight is 483 g/mol. The third kappa shape index (κ3) is 5.09. The van der Waals surface area contributed by atoms with Crippen molar-refractivity contribution in [2.24, 2.45) is 0 Å². The summed E-state index contributed by atoms with van der Waals surface area (Å²) in [5.74, 6) is 0.730. The van der Waals surface area contributed by atoms with Gasteiger partial charge in [0.15, 0.2) is 0 Å². The number of hydrogen-bond acceptors (Lipinski definition) is 4. The van der Waals surface area contributed by atoms with Crippen molar-refractivity contribution in [2.75, 3.05) is 44.0 Å². The predicted molar refractivity (Wildman–Crippen MR) is 148 cm³/mol. The number of rotatable bonds is 7. The van der Waals surface area contributed by atoms with Crippen LogP contribution >= 0.6 is 0 Å². The fourth-order valence-electron chi connectivity index (χ4n) is 4.78. The van der Waals surface area contributed by atoms with Crippen molar-refractivity contribution in [1.29, 1.82) is 0 Å². The summed E-state index contributed by atoms with van der Waals surface area (Å²) in [7, 11) is 4.12. The number of ether oxygens (including phenoxy) is 1. The van der Waals surface area contributed by atoms with Gasteiger partial charge in [0.25, 0.3) is 5.91 Å². The predicted octanol–water partition coefficient (Wildman–Crippen LogP) is 6.02. The first-order chi connectivity index (χ1) is 17.5. The highest BCUT2D eigenvalue weighted by atomic mass is 16.5. The van der Waals surface area contributed by atoms with Gasteiger partial charge in [-0.15, -0.1) is 0 Å². The number of aromatic nitrogens is 1. The lowest BCUT2D eigenvalue weighted by atomic mass is 10.0. The molecule has 2 heterocycles. The van der Waals surface area contributed by atoms with E-state index in [-0.39, 0.29) is 5.91 Å².